The van der Waals surface area contributed by atoms with Gasteiger partial charge < -0.3 is 10.4 Å². The molecule has 3 saturated carbocycles. The van der Waals surface area contributed by atoms with Crippen molar-refractivity contribution in [2.24, 2.45) is 10.8 Å². The van der Waals surface area contributed by atoms with E-state index in [9.17, 15) is 5.11 Å². The Kier molecular flexibility index (Phi) is 4.40. The van der Waals surface area contributed by atoms with Crippen molar-refractivity contribution in [3.05, 3.63) is 0 Å². The molecule has 3 rings (SSSR count). The maximum Gasteiger partial charge on any atom is 0.0772 e. The predicted octanol–water partition coefficient (Wildman–Crippen LogP) is 4.41. The van der Waals surface area contributed by atoms with Crippen LogP contribution in [0.5, 0.6) is 0 Å². The van der Waals surface area contributed by atoms with E-state index in [0.29, 0.717) is 11.5 Å². The fourth-order valence-corrected chi connectivity index (χ4v) is 4.96. The fraction of sp³-hybridized carbons (Fsp3) is 1.00. The molecule has 1 spiro atoms. The number of nitrogens with one attached hydrogen (secondary N) is 1. The van der Waals surface area contributed by atoms with E-state index in [0.717, 1.165) is 24.8 Å². The van der Waals surface area contributed by atoms with Crippen molar-refractivity contribution in [2.45, 2.75) is 103 Å². The van der Waals surface area contributed by atoms with Crippen molar-refractivity contribution in [1.82, 2.24) is 5.32 Å². The zero-order chi connectivity index (χ0) is 15.0. The summed E-state index contributed by atoms with van der Waals surface area (Å²) in [6, 6.07) is 0.662. The van der Waals surface area contributed by atoms with E-state index in [4.69, 9.17) is 0 Å². The highest BCUT2D eigenvalue weighted by Crippen LogP contribution is 2.49. The summed E-state index contributed by atoms with van der Waals surface area (Å²) in [6.45, 7) is 5.49. The first-order valence-electron chi connectivity index (χ1n) is 9.36. The van der Waals surface area contributed by atoms with E-state index < -0.39 is 5.60 Å². The molecular formula is C19H35NO. The van der Waals surface area contributed by atoms with E-state index in [1.807, 2.05) is 0 Å². The number of aliphatic hydroxyl groups is 1. The lowest BCUT2D eigenvalue weighted by Gasteiger charge is -2.42. The zero-order valence-electron chi connectivity index (χ0n) is 14.2. The van der Waals surface area contributed by atoms with Gasteiger partial charge in [0.1, 0.15) is 0 Å². The van der Waals surface area contributed by atoms with Crippen molar-refractivity contribution in [3.8, 4) is 0 Å². The number of hydrogen-bond acceptors (Lipinski definition) is 2. The molecule has 3 aliphatic rings. The third-order valence-electron chi connectivity index (χ3n) is 6.96. The average molecular weight is 293 g/mol. The Hall–Kier alpha value is -0.0800. The Bertz CT molecular complexity index is 337. The fourth-order valence-electron chi connectivity index (χ4n) is 4.96. The molecule has 0 saturated heterocycles. The topological polar surface area (TPSA) is 32.3 Å². The Labute approximate surface area is 131 Å². The quantitative estimate of drug-likeness (QED) is 0.808. The van der Waals surface area contributed by atoms with Crippen LogP contribution in [0.3, 0.4) is 0 Å². The van der Waals surface area contributed by atoms with Crippen molar-refractivity contribution in [3.63, 3.8) is 0 Å². The molecule has 0 aliphatic heterocycles. The minimum absolute atomic E-state index is 0.433. The molecule has 0 aromatic rings. The number of hydrogen-bond donors (Lipinski definition) is 2. The molecular weight excluding hydrogens is 258 g/mol. The molecule has 21 heavy (non-hydrogen) atoms. The first-order valence-corrected chi connectivity index (χ1v) is 9.36. The zero-order valence-corrected chi connectivity index (χ0v) is 14.2. The predicted molar refractivity (Wildman–Crippen MR) is 88.4 cm³/mol. The average Bonchev–Trinajstić information content (AvgIpc) is 2.91. The van der Waals surface area contributed by atoms with Gasteiger partial charge in [0.15, 0.2) is 0 Å². The monoisotopic (exact) mass is 293 g/mol. The van der Waals surface area contributed by atoms with Gasteiger partial charge in [-0.3, -0.25) is 0 Å². The molecule has 122 valence electrons. The first-order chi connectivity index (χ1) is 9.91. The lowest BCUT2D eigenvalue weighted by atomic mass is 9.70. The second kappa shape index (κ2) is 5.85. The van der Waals surface area contributed by atoms with Crippen LogP contribution in [0, 0.1) is 10.8 Å². The molecule has 0 amide bonds. The van der Waals surface area contributed by atoms with Crippen LogP contribution in [0.15, 0.2) is 0 Å². The van der Waals surface area contributed by atoms with Gasteiger partial charge in [-0.25, -0.2) is 0 Å². The summed E-state index contributed by atoms with van der Waals surface area (Å²) in [5.41, 5.74) is 0.730. The molecule has 0 aromatic carbocycles. The molecule has 0 atom stereocenters. The molecule has 0 bridgehead atoms. The van der Waals surface area contributed by atoms with Gasteiger partial charge in [0, 0.05) is 12.6 Å². The molecule has 0 aromatic heterocycles. The van der Waals surface area contributed by atoms with Crippen LogP contribution in [0.4, 0.5) is 0 Å². The van der Waals surface area contributed by atoms with Crippen LogP contribution >= 0.6 is 0 Å². The van der Waals surface area contributed by atoms with Crippen LogP contribution in [0.2, 0.25) is 0 Å². The van der Waals surface area contributed by atoms with E-state index in [1.165, 1.54) is 64.2 Å². The highest BCUT2D eigenvalue weighted by molar-refractivity contribution is 4.94. The lowest BCUT2D eigenvalue weighted by Crippen LogP contribution is -2.48. The molecule has 3 aliphatic carbocycles. The highest BCUT2D eigenvalue weighted by Gasteiger charge is 2.39. The summed E-state index contributed by atoms with van der Waals surface area (Å²) in [7, 11) is 0. The van der Waals surface area contributed by atoms with E-state index in [-0.39, 0.29) is 0 Å². The highest BCUT2D eigenvalue weighted by atomic mass is 16.3. The van der Waals surface area contributed by atoms with Crippen molar-refractivity contribution in [2.75, 3.05) is 6.54 Å². The van der Waals surface area contributed by atoms with Gasteiger partial charge in [-0.05, 0) is 75.0 Å². The van der Waals surface area contributed by atoms with Crippen LogP contribution in [-0.2, 0) is 0 Å². The Morgan fingerprint density at radius 1 is 0.857 bits per heavy atom. The van der Waals surface area contributed by atoms with Crippen LogP contribution in [-0.4, -0.2) is 23.3 Å². The Morgan fingerprint density at radius 2 is 1.43 bits per heavy atom. The third kappa shape index (κ3) is 3.82. The Morgan fingerprint density at radius 3 is 2.00 bits per heavy atom. The molecule has 2 N–H and O–H groups in total. The second-order valence-electron chi connectivity index (χ2n) is 9.25. The van der Waals surface area contributed by atoms with Gasteiger partial charge in [0.05, 0.1) is 5.60 Å². The third-order valence-corrected chi connectivity index (χ3v) is 6.96. The van der Waals surface area contributed by atoms with Crippen LogP contribution < -0.4 is 5.32 Å². The van der Waals surface area contributed by atoms with E-state index >= 15 is 0 Å². The standard InChI is InChI=1S/C19H35NO/c1-17(2)11-13-19(21,14-12-17)15-20-16-5-9-18(10-6-16)7-3-4-8-18/h16,20-21H,3-15H2,1-2H3. The van der Waals surface area contributed by atoms with Crippen molar-refractivity contribution < 1.29 is 5.11 Å². The smallest absolute Gasteiger partial charge is 0.0772 e. The minimum atomic E-state index is -0.433. The second-order valence-corrected chi connectivity index (χ2v) is 9.25. The largest absolute Gasteiger partial charge is 0.389 e. The van der Waals surface area contributed by atoms with Crippen LogP contribution in [0.1, 0.15) is 90.9 Å². The van der Waals surface area contributed by atoms with E-state index in [2.05, 4.69) is 19.2 Å². The minimum Gasteiger partial charge on any atom is -0.389 e. The maximum absolute atomic E-state index is 10.8. The Balaban J connectivity index is 1.42. The summed E-state index contributed by atoms with van der Waals surface area (Å²) in [5.74, 6) is 0. The van der Waals surface area contributed by atoms with Crippen molar-refractivity contribution in [1.29, 1.82) is 0 Å². The molecule has 0 heterocycles. The molecule has 0 unspecified atom stereocenters. The van der Waals surface area contributed by atoms with Gasteiger partial charge in [-0.2, -0.15) is 0 Å². The summed E-state index contributed by atoms with van der Waals surface area (Å²) >= 11 is 0. The SMILES string of the molecule is CC1(C)CCC(O)(CNC2CCC3(CCCC3)CC2)CC1. The summed E-state index contributed by atoms with van der Waals surface area (Å²) in [4.78, 5) is 0. The summed E-state index contributed by atoms with van der Waals surface area (Å²) < 4.78 is 0. The van der Waals surface area contributed by atoms with Gasteiger partial charge in [0.25, 0.3) is 0 Å². The molecule has 2 nitrogen and oxygen atoms in total. The van der Waals surface area contributed by atoms with Crippen LogP contribution in [0.25, 0.3) is 0 Å². The van der Waals surface area contributed by atoms with Gasteiger partial charge in [-0.15, -0.1) is 0 Å². The molecule has 0 radical (unpaired) electrons. The number of rotatable bonds is 3. The first kappa shape index (κ1) is 15.8. The molecule has 3 fully saturated rings. The summed E-state index contributed by atoms with van der Waals surface area (Å²) in [6.07, 6.45) is 15.7. The maximum atomic E-state index is 10.8. The van der Waals surface area contributed by atoms with Gasteiger partial charge in [0.2, 0.25) is 0 Å². The summed E-state index contributed by atoms with van der Waals surface area (Å²) in [5, 5.41) is 14.5. The van der Waals surface area contributed by atoms with Gasteiger partial charge in [-0.1, -0.05) is 26.7 Å². The molecule has 2 heteroatoms. The van der Waals surface area contributed by atoms with E-state index in [1.54, 1.807) is 0 Å². The normalized spacial score (nSPS) is 34.1. The van der Waals surface area contributed by atoms with Crippen molar-refractivity contribution >= 4 is 0 Å². The lowest BCUT2D eigenvalue weighted by molar-refractivity contribution is -0.0276. The van der Waals surface area contributed by atoms with Gasteiger partial charge >= 0.3 is 0 Å².